The molecule has 144 valence electrons. The van der Waals surface area contributed by atoms with Gasteiger partial charge in [0.2, 0.25) is 0 Å². The van der Waals surface area contributed by atoms with Gasteiger partial charge in [0.1, 0.15) is 11.6 Å². The number of nitro benzene ring substituents is 1. The molecule has 28 heavy (non-hydrogen) atoms. The quantitative estimate of drug-likeness (QED) is 0.366. The molecular weight excluding hydrogens is 479 g/mol. The van der Waals surface area contributed by atoms with Crippen LogP contribution in [0.5, 0.6) is 5.75 Å². The first kappa shape index (κ1) is 20.3. The lowest BCUT2D eigenvalue weighted by Crippen LogP contribution is -2.28. The van der Waals surface area contributed by atoms with Crippen molar-refractivity contribution in [3.63, 3.8) is 0 Å². The Labute approximate surface area is 175 Å². The highest BCUT2D eigenvalue weighted by atomic mass is 79.9. The van der Waals surface area contributed by atoms with Crippen LogP contribution in [-0.4, -0.2) is 26.1 Å². The Morgan fingerprint density at radius 1 is 1.36 bits per heavy atom. The third kappa shape index (κ3) is 3.89. The van der Waals surface area contributed by atoms with Gasteiger partial charge in [-0.2, -0.15) is 0 Å². The fourth-order valence-electron chi connectivity index (χ4n) is 2.44. The Morgan fingerprint density at radius 2 is 2.07 bits per heavy atom. The van der Waals surface area contributed by atoms with E-state index in [4.69, 9.17) is 11.6 Å². The summed E-state index contributed by atoms with van der Waals surface area (Å²) >= 11 is 9.52. The molecular formula is C17H9BrClFN2O5S. The lowest BCUT2D eigenvalue weighted by molar-refractivity contribution is -0.385. The number of thioether (sulfide) groups is 1. The predicted molar refractivity (Wildman–Crippen MR) is 105 cm³/mol. The number of nitrogens with zero attached hydrogens (tertiary/aromatic N) is 2. The van der Waals surface area contributed by atoms with E-state index >= 15 is 0 Å². The fraction of sp³-hybridized carbons (Fsp3) is 0.0588. The van der Waals surface area contributed by atoms with Crippen LogP contribution >= 0.6 is 39.3 Å². The summed E-state index contributed by atoms with van der Waals surface area (Å²) < 4.78 is 14.0. The van der Waals surface area contributed by atoms with Crippen molar-refractivity contribution in [3.05, 3.63) is 71.8 Å². The number of nitro groups is 1. The van der Waals surface area contributed by atoms with Gasteiger partial charge in [-0.3, -0.25) is 24.6 Å². The summed E-state index contributed by atoms with van der Waals surface area (Å²) in [5.74, 6) is -1.71. The number of carbonyl (C=O) groups is 2. The molecule has 1 aliphatic rings. The molecule has 0 unspecified atom stereocenters. The minimum atomic E-state index is -0.726. The van der Waals surface area contributed by atoms with Crippen molar-refractivity contribution in [2.24, 2.45) is 0 Å². The first-order valence-electron chi connectivity index (χ1n) is 7.54. The maximum absolute atomic E-state index is 14.0. The zero-order valence-corrected chi connectivity index (χ0v) is 16.8. The number of hydrogen-bond donors (Lipinski definition) is 1. The maximum atomic E-state index is 14.0. The number of aromatic hydroxyl groups is 1. The lowest BCUT2D eigenvalue weighted by Gasteiger charge is -2.14. The van der Waals surface area contributed by atoms with Gasteiger partial charge in [-0.25, -0.2) is 4.39 Å². The predicted octanol–water partition coefficient (Wildman–Crippen LogP) is 5.09. The highest BCUT2D eigenvalue weighted by molar-refractivity contribution is 9.10. The molecule has 1 fully saturated rings. The van der Waals surface area contributed by atoms with E-state index in [-0.39, 0.29) is 43.5 Å². The smallest absolute Gasteiger partial charge is 0.293 e. The van der Waals surface area contributed by atoms with E-state index in [2.05, 4.69) is 15.9 Å². The van der Waals surface area contributed by atoms with Crippen LogP contribution in [0.25, 0.3) is 6.08 Å². The summed E-state index contributed by atoms with van der Waals surface area (Å²) in [6.45, 7) is -0.363. The summed E-state index contributed by atoms with van der Waals surface area (Å²) in [5.41, 5.74) is -0.336. The van der Waals surface area contributed by atoms with Gasteiger partial charge in [0, 0.05) is 28.3 Å². The molecule has 1 saturated heterocycles. The number of hydrogen-bond acceptors (Lipinski definition) is 6. The minimum Gasteiger partial charge on any atom is -0.506 e. The lowest BCUT2D eigenvalue weighted by atomic mass is 10.1. The van der Waals surface area contributed by atoms with Crippen LogP contribution in [-0.2, 0) is 11.3 Å². The molecule has 7 nitrogen and oxygen atoms in total. The molecule has 0 aliphatic carbocycles. The summed E-state index contributed by atoms with van der Waals surface area (Å²) in [7, 11) is 0. The van der Waals surface area contributed by atoms with Gasteiger partial charge in [0.05, 0.1) is 20.8 Å². The van der Waals surface area contributed by atoms with Crippen LogP contribution in [0.3, 0.4) is 0 Å². The van der Waals surface area contributed by atoms with Gasteiger partial charge in [0.15, 0.2) is 0 Å². The van der Waals surface area contributed by atoms with E-state index in [1.54, 1.807) is 0 Å². The topological polar surface area (TPSA) is 101 Å². The average molecular weight is 488 g/mol. The maximum Gasteiger partial charge on any atom is 0.293 e. The normalized spacial score (nSPS) is 15.5. The van der Waals surface area contributed by atoms with Gasteiger partial charge < -0.3 is 5.11 Å². The standard InChI is InChI=1S/C17H9BrClFN2O5S/c18-11-6-9(22(26)27)4-8(15(11)23)5-14-16(24)21(17(25)28-14)7-10-12(19)2-1-3-13(10)20/h1-6,23H,7H2/b14-5-. The Kier molecular flexibility index (Phi) is 5.73. The van der Waals surface area contributed by atoms with E-state index in [0.29, 0.717) is 11.8 Å². The van der Waals surface area contributed by atoms with Crippen molar-refractivity contribution < 1.29 is 24.0 Å². The molecule has 11 heteroatoms. The summed E-state index contributed by atoms with van der Waals surface area (Å²) in [4.78, 5) is 35.9. The van der Waals surface area contributed by atoms with Crippen LogP contribution in [0.15, 0.2) is 39.7 Å². The average Bonchev–Trinajstić information content (AvgIpc) is 2.88. The fourth-order valence-corrected chi connectivity index (χ4v) is 3.96. The third-order valence-corrected chi connectivity index (χ3v) is 5.69. The molecule has 2 amide bonds. The largest absolute Gasteiger partial charge is 0.506 e. The second-order valence-electron chi connectivity index (χ2n) is 5.59. The number of phenolic OH excluding ortho intramolecular Hbond substituents is 1. The molecule has 0 aromatic heterocycles. The molecule has 2 aromatic carbocycles. The second kappa shape index (κ2) is 7.90. The number of benzene rings is 2. The van der Waals surface area contributed by atoms with E-state index in [1.807, 2.05) is 0 Å². The second-order valence-corrected chi connectivity index (χ2v) is 7.85. The minimum absolute atomic E-state index is 0.00587. The van der Waals surface area contributed by atoms with Gasteiger partial charge in [-0.05, 0) is 45.9 Å². The number of halogens is 3. The molecule has 0 spiro atoms. The van der Waals surface area contributed by atoms with E-state index in [9.17, 15) is 29.2 Å². The molecule has 1 heterocycles. The van der Waals surface area contributed by atoms with Crippen molar-refractivity contribution in [1.82, 2.24) is 4.90 Å². The number of amides is 2. The van der Waals surface area contributed by atoms with Crippen LogP contribution < -0.4 is 0 Å². The highest BCUT2D eigenvalue weighted by Crippen LogP contribution is 2.38. The summed E-state index contributed by atoms with van der Waals surface area (Å²) in [6, 6.07) is 6.18. The van der Waals surface area contributed by atoms with Gasteiger partial charge in [-0.1, -0.05) is 17.7 Å². The van der Waals surface area contributed by atoms with Gasteiger partial charge >= 0.3 is 0 Å². The van der Waals surface area contributed by atoms with Crippen molar-refractivity contribution in [1.29, 1.82) is 0 Å². The van der Waals surface area contributed by atoms with Crippen LogP contribution in [0.4, 0.5) is 14.9 Å². The Morgan fingerprint density at radius 3 is 2.71 bits per heavy atom. The zero-order valence-electron chi connectivity index (χ0n) is 13.7. The number of carbonyl (C=O) groups excluding carboxylic acids is 2. The molecule has 0 radical (unpaired) electrons. The molecule has 2 aromatic rings. The molecule has 1 N–H and O–H groups in total. The van der Waals surface area contributed by atoms with Crippen LogP contribution in [0.2, 0.25) is 5.02 Å². The SMILES string of the molecule is O=C1S/C(=C\c2cc([N+](=O)[O-])cc(Br)c2O)C(=O)N1Cc1c(F)cccc1Cl. The summed E-state index contributed by atoms with van der Waals surface area (Å²) in [5, 5.41) is 20.5. The first-order chi connectivity index (χ1) is 13.2. The number of rotatable bonds is 4. The van der Waals surface area contributed by atoms with E-state index in [0.717, 1.165) is 23.1 Å². The van der Waals surface area contributed by atoms with Crippen molar-refractivity contribution in [3.8, 4) is 5.75 Å². The molecule has 1 aliphatic heterocycles. The number of phenols is 1. The van der Waals surface area contributed by atoms with Crippen LogP contribution in [0.1, 0.15) is 11.1 Å². The van der Waals surface area contributed by atoms with Gasteiger partial charge in [-0.15, -0.1) is 0 Å². The Bertz CT molecular complexity index is 1040. The summed E-state index contributed by atoms with van der Waals surface area (Å²) in [6.07, 6.45) is 1.17. The number of non-ortho nitro benzene ring substituents is 1. The van der Waals surface area contributed by atoms with Gasteiger partial charge in [0.25, 0.3) is 16.8 Å². The zero-order chi connectivity index (χ0) is 20.6. The van der Waals surface area contributed by atoms with Crippen molar-refractivity contribution in [2.75, 3.05) is 0 Å². The van der Waals surface area contributed by atoms with Crippen LogP contribution in [0, 0.1) is 15.9 Å². The highest BCUT2D eigenvalue weighted by Gasteiger charge is 2.36. The van der Waals surface area contributed by atoms with E-state index in [1.165, 1.54) is 18.2 Å². The van der Waals surface area contributed by atoms with E-state index < -0.39 is 21.9 Å². The Balaban J connectivity index is 1.95. The molecule has 0 atom stereocenters. The molecule has 3 rings (SSSR count). The Hall–Kier alpha value is -2.43. The molecule has 0 saturated carbocycles. The van der Waals surface area contributed by atoms with Crippen molar-refractivity contribution >= 4 is 62.2 Å². The monoisotopic (exact) mass is 486 g/mol. The molecule has 0 bridgehead atoms. The van der Waals surface area contributed by atoms with Crippen molar-refractivity contribution in [2.45, 2.75) is 6.54 Å². The third-order valence-electron chi connectivity index (χ3n) is 3.83. The number of imide groups is 1. The first-order valence-corrected chi connectivity index (χ1v) is 9.53.